The summed E-state index contributed by atoms with van der Waals surface area (Å²) >= 11 is 0. The van der Waals surface area contributed by atoms with Crippen molar-refractivity contribution < 1.29 is 14.9 Å². The SMILES string of the molecule is CC1(O)CC(c2ccccc2O)OCC1N1CCCCC1. The van der Waals surface area contributed by atoms with Crippen molar-refractivity contribution in [3.63, 3.8) is 0 Å². The van der Waals surface area contributed by atoms with Crippen molar-refractivity contribution in [2.45, 2.75) is 50.4 Å². The number of likely N-dealkylation sites (tertiary alicyclic amines) is 1. The fraction of sp³-hybridized carbons (Fsp3) is 0.647. The molecule has 2 saturated heterocycles. The van der Waals surface area contributed by atoms with Crippen LogP contribution in [0.5, 0.6) is 5.75 Å². The molecule has 2 heterocycles. The van der Waals surface area contributed by atoms with E-state index in [0.717, 1.165) is 18.7 Å². The van der Waals surface area contributed by atoms with Gasteiger partial charge in [-0.05, 0) is 38.9 Å². The molecule has 0 aromatic heterocycles. The van der Waals surface area contributed by atoms with E-state index in [9.17, 15) is 10.2 Å². The predicted octanol–water partition coefficient (Wildman–Crippen LogP) is 2.46. The first-order valence-corrected chi connectivity index (χ1v) is 7.94. The van der Waals surface area contributed by atoms with Gasteiger partial charge in [0.2, 0.25) is 0 Å². The second kappa shape index (κ2) is 5.95. The number of ether oxygens (including phenoxy) is 1. The lowest BCUT2D eigenvalue weighted by Gasteiger charge is -2.47. The number of phenolic OH excluding ortho intramolecular Hbond substituents is 1. The lowest BCUT2D eigenvalue weighted by Crippen LogP contribution is -2.58. The Morgan fingerprint density at radius 3 is 2.57 bits per heavy atom. The maximum atomic E-state index is 10.9. The van der Waals surface area contributed by atoms with Crippen molar-refractivity contribution >= 4 is 0 Å². The zero-order valence-electron chi connectivity index (χ0n) is 12.7. The number of aromatic hydroxyl groups is 1. The number of phenols is 1. The van der Waals surface area contributed by atoms with Crippen LogP contribution in [0.1, 0.15) is 44.3 Å². The third kappa shape index (κ3) is 3.07. The zero-order chi connectivity index (χ0) is 14.9. The van der Waals surface area contributed by atoms with E-state index in [4.69, 9.17) is 4.74 Å². The minimum Gasteiger partial charge on any atom is -0.508 e. The predicted molar refractivity (Wildman–Crippen MR) is 81.3 cm³/mol. The molecule has 1 aromatic rings. The normalized spacial score (nSPS) is 34.8. The lowest BCUT2D eigenvalue weighted by atomic mass is 9.84. The van der Waals surface area contributed by atoms with Gasteiger partial charge < -0.3 is 14.9 Å². The first kappa shape index (κ1) is 14.8. The summed E-state index contributed by atoms with van der Waals surface area (Å²) in [5.41, 5.74) is -0.0161. The molecular weight excluding hydrogens is 266 g/mol. The van der Waals surface area contributed by atoms with Crippen molar-refractivity contribution in [3.05, 3.63) is 29.8 Å². The molecule has 3 unspecified atom stereocenters. The van der Waals surface area contributed by atoms with Gasteiger partial charge in [-0.1, -0.05) is 24.6 Å². The van der Waals surface area contributed by atoms with Crippen LogP contribution < -0.4 is 0 Å². The van der Waals surface area contributed by atoms with E-state index in [0.29, 0.717) is 13.0 Å². The molecule has 0 aliphatic carbocycles. The van der Waals surface area contributed by atoms with E-state index in [1.807, 2.05) is 19.1 Å². The van der Waals surface area contributed by atoms with E-state index in [1.165, 1.54) is 19.3 Å². The molecule has 2 fully saturated rings. The smallest absolute Gasteiger partial charge is 0.121 e. The number of hydrogen-bond acceptors (Lipinski definition) is 4. The van der Waals surface area contributed by atoms with Crippen LogP contribution in [0.3, 0.4) is 0 Å². The summed E-state index contributed by atoms with van der Waals surface area (Å²) in [5, 5.41) is 20.9. The first-order chi connectivity index (χ1) is 10.1. The van der Waals surface area contributed by atoms with Crippen LogP contribution in [-0.2, 0) is 4.74 Å². The Morgan fingerprint density at radius 1 is 1.19 bits per heavy atom. The van der Waals surface area contributed by atoms with Crippen molar-refractivity contribution in [1.29, 1.82) is 0 Å². The van der Waals surface area contributed by atoms with Crippen LogP contribution in [0.4, 0.5) is 0 Å². The highest BCUT2D eigenvalue weighted by Crippen LogP contribution is 2.39. The average Bonchev–Trinajstić information content (AvgIpc) is 2.47. The molecule has 4 heteroatoms. The molecule has 3 rings (SSSR count). The molecule has 0 spiro atoms. The van der Waals surface area contributed by atoms with Crippen LogP contribution in [0, 0.1) is 0 Å². The standard InChI is InChI=1S/C17H25NO3/c1-17(20)11-15(13-7-3-4-8-14(13)19)21-12-16(17)18-9-5-2-6-10-18/h3-4,7-8,15-16,19-20H,2,5-6,9-12H2,1H3. The van der Waals surface area contributed by atoms with Gasteiger partial charge in [-0.3, -0.25) is 4.90 Å². The number of rotatable bonds is 2. The number of aliphatic hydroxyl groups is 1. The van der Waals surface area contributed by atoms with Crippen LogP contribution in [0.15, 0.2) is 24.3 Å². The van der Waals surface area contributed by atoms with E-state index in [-0.39, 0.29) is 17.9 Å². The lowest BCUT2D eigenvalue weighted by molar-refractivity contribution is -0.154. The summed E-state index contributed by atoms with van der Waals surface area (Å²) in [6.45, 7) is 4.52. The Labute approximate surface area is 126 Å². The Balaban J connectivity index is 1.73. The number of piperidine rings is 1. The molecule has 0 amide bonds. The molecule has 3 atom stereocenters. The molecular formula is C17H25NO3. The summed E-state index contributed by atoms with van der Waals surface area (Å²) in [6, 6.07) is 7.29. The van der Waals surface area contributed by atoms with E-state index in [2.05, 4.69) is 4.90 Å². The maximum absolute atomic E-state index is 10.9. The Hall–Kier alpha value is -1.10. The zero-order valence-corrected chi connectivity index (χ0v) is 12.7. The summed E-state index contributed by atoms with van der Waals surface area (Å²) < 4.78 is 5.98. The third-order valence-electron chi connectivity index (χ3n) is 4.89. The summed E-state index contributed by atoms with van der Waals surface area (Å²) in [5.74, 6) is 0.245. The Kier molecular flexibility index (Phi) is 4.20. The van der Waals surface area contributed by atoms with Crippen LogP contribution in [-0.4, -0.2) is 46.5 Å². The molecule has 116 valence electrons. The Morgan fingerprint density at radius 2 is 1.90 bits per heavy atom. The summed E-state index contributed by atoms with van der Waals surface area (Å²) in [6.07, 6.45) is 3.98. The largest absolute Gasteiger partial charge is 0.508 e. The maximum Gasteiger partial charge on any atom is 0.121 e. The van der Waals surface area contributed by atoms with Crippen molar-refractivity contribution in [2.24, 2.45) is 0 Å². The number of nitrogens with zero attached hydrogens (tertiary/aromatic N) is 1. The molecule has 2 aliphatic heterocycles. The first-order valence-electron chi connectivity index (χ1n) is 7.94. The monoisotopic (exact) mass is 291 g/mol. The van der Waals surface area contributed by atoms with Gasteiger partial charge in [0.15, 0.2) is 0 Å². The highest BCUT2D eigenvalue weighted by molar-refractivity contribution is 5.34. The molecule has 0 bridgehead atoms. The minimum atomic E-state index is -0.789. The van der Waals surface area contributed by atoms with Crippen LogP contribution >= 0.6 is 0 Å². The topological polar surface area (TPSA) is 52.9 Å². The van der Waals surface area contributed by atoms with Crippen molar-refractivity contribution in [1.82, 2.24) is 4.90 Å². The van der Waals surface area contributed by atoms with E-state index in [1.54, 1.807) is 12.1 Å². The molecule has 0 saturated carbocycles. The van der Waals surface area contributed by atoms with Gasteiger partial charge in [-0.25, -0.2) is 0 Å². The highest BCUT2D eigenvalue weighted by Gasteiger charge is 2.43. The van der Waals surface area contributed by atoms with Crippen molar-refractivity contribution in [2.75, 3.05) is 19.7 Å². The number of para-hydroxylation sites is 1. The summed E-state index contributed by atoms with van der Waals surface area (Å²) in [7, 11) is 0. The molecule has 2 N–H and O–H groups in total. The van der Waals surface area contributed by atoms with Gasteiger partial charge in [0.05, 0.1) is 24.4 Å². The second-order valence-corrected chi connectivity index (χ2v) is 6.55. The highest BCUT2D eigenvalue weighted by atomic mass is 16.5. The number of benzene rings is 1. The van der Waals surface area contributed by atoms with E-state index >= 15 is 0 Å². The van der Waals surface area contributed by atoms with Gasteiger partial charge in [0.25, 0.3) is 0 Å². The quantitative estimate of drug-likeness (QED) is 0.879. The molecule has 21 heavy (non-hydrogen) atoms. The van der Waals surface area contributed by atoms with Crippen LogP contribution in [0.25, 0.3) is 0 Å². The van der Waals surface area contributed by atoms with Gasteiger partial charge in [-0.2, -0.15) is 0 Å². The van der Waals surface area contributed by atoms with Gasteiger partial charge >= 0.3 is 0 Å². The summed E-state index contributed by atoms with van der Waals surface area (Å²) in [4.78, 5) is 2.37. The molecule has 1 aromatic carbocycles. The van der Waals surface area contributed by atoms with Gasteiger partial charge in [-0.15, -0.1) is 0 Å². The second-order valence-electron chi connectivity index (χ2n) is 6.55. The fourth-order valence-electron chi connectivity index (χ4n) is 3.65. The average molecular weight is 291 g/mol. The number of hydrogen-bond donors (Lipinski definition) is 2. The molecule has 4 nitrogen and oxygen atoms in total. The fourth-order valence-corrected chi connectivity index (χ4v) is 3.65. The van der Waals surface area contributed by atoms with Crippen LogP contribution in [0.2, 0.25) is 0 Å². The van der Waals surface area contributed by atoms with Gasteiger partial charge in [0.1, 0.15) is 5.75 Å². The van der Waals surface area contributed by atoms with E-state index < -0.39 is 5.60 Å². The molecule has 0 radical (unpaired) electrons. The third-order valence-corrected chi connectivity index (χ3v) is 4.89. The van der Waals surface area contributed by atoms with Gasteiger partial charge in [0, 0.05) is 12.0 Å². The molecule has 2 aliphatic rings. The van der Waals surface area contributed by atoms with Crippen molar-refractivity contribution in [3.8, 4) is 5.75 Å². The Bertz CT molecular complexity index is 483. The minimum absolute atomic E-state index is 0.0555.